The Morgan fingerprint density at radius 1 is 1.40 bits per heavy atom. The summed E-state index contributed by atoms with van der Waals surface area (Å²) in [6.07, 6.45) is 6.19. The van der Waals surface area contributed by atoms with E-state index < -0.39 is 0 Å². The van der Waals surface area contributed by atoms with Gasteiger partial charge in [0.15, 0.2) is 5.82 Å². The minimum absolute atomic E-state index is 0.0311. The van der Waals surface area contributed by atoms with Crippen LogP contribution >= 0.6 is 0 Å². The molecule has 7 heteroatoms. The molecule has 3 heterocycles. The van der Waals surface area contributed by atoms with Gasteiger partial charge in [0, 0.05) is 31.4 Å². The molecule has 1 unspecified atom stereocenters. The molecule has 2 aromatic rings. The number of pyridine rings is 1. The molecule has 1 aliphatic carbocycles. The fraction of sp³-hybridized carbons (Fsp3) is 0.556. The van der Waals surface area contributed by atoms with E-state index in [0.717, 1.165) is 37.3 Å². The van der Waals surface area contributed by atoms with Crippen molar-refractivity contribution in [3.63, 3.8) is 0 Å². The van der Waals surface area contributed by atoms with Crippen LogP contribution in [0.1, 0.15) is 31.5 Å². The number of carbonyl (C=O) groups excluding carboxylic acids is 1. The third-order valence-electron chi connectivity index (χ3n) is 4.90. The molecular weight excluding hydrogens is 318 g/mol. The van der Waals surface area contributed by atoms with Crippen LogP contribution in [0.3, 0.4) is 0 Å². The van der Waals surface area contributed by atoms with Crippen molar-refractivity contribution >= 4 is 11.7 Å². The number of nitrogens with one attached hydrogen (secondary N) is 1. The van der Waals surface area contributed by atoms with Gasteiger partial charge in [0.2, 0.25) is 5.91 Å². The first kappa shape index (κ1) is 16.1. The highest BCUT2D eigenvalue weighted by molar-refractivity contribution is 5.79. The van der Waals surface area contributed by atoms with E-state index in [1.807, 2.05) is 12.1 Å². The second kappa shape index (κ2) is 6.82. The van der Waals surface area contributed by atoms with Crippen LogP contribution in [0, 0.1) is 18.8 Å². The van der Waals surface area contributed by atoms with Crippen LogP contribution in [0.15, 0.2) is 22.9 Å². The number of hydrogen-bond donors (Lipinski definition) is 1. The zero-order valence-electron chi connectivity index (χ0n) is 14.4. The van der Waals surface area contributed by atoms with Gasteiger partial charge in [-0.25, -0.2) is 4.98 Å². The van der Waals surface area contributed by atoms with Gasteiger partial charge in [0.1, 0.15) is 5.82 Å². The Bertz CT molecular complexity index is 755. The number of nitrogens with zero attached hydrogens (tertiary/aromatic N) is 4. The monoisotopic (exact) mass is 341 g/mol. The first-order valence-electron chi connectivity index (χ1n) is 8.98. The maximum Gasteiger partial charge on any atom is 0.258 e. The Labute approximate surface area is 146 Å². The van der Waals surface area contributed by atoms with Crippen LogP contribution in [-0.4, -0.2) is 40.7 Å². The third-order valence-corrected chi connectivity index (χ3v) is 4.90. The highest BCUT2D eigenvalue weighted by Crippen LogP contribution is 2.28. The van der Waals surface area contributed by atoms with Crippen molar-refractivity contribution in [1.82, 2.24) is 20.4 Å². The van der Waals surface area contributed by atoms with Crippen molar-refractivity contribution in [3.05, 3.63) is 24.2 Å². The van der Waals surface area contributed by atoms with Crippen molar-refractivity contribution in [1.29, 1.82) is 0 Å². The average Bonchev–Trinajstić information content (AvgIpc) is 3.38. The number of hydrogen-bond acceptors (Lipinski definition) is 6. The summed E-state index contributed by atoms with van der Waals surface area (Å²) in [5.74, 6) is 2.88. The van der Waals surface area contributed by atoms with Gasteiger partial charge >= 0.3 is 0 Å². The zero-order valence-corrected chi connectivity index (χ0v) is 14.4. The standard InChI is InChI=1S/C18H23N5O2/c1-12-21-18(25-22-12)14-6-7-19-16(9-14)23-8-2-3-15(11-23)17(24)20-10-13-4-5-13/h6-7,9,13,15H,2-5,8,10-11H2,1H3,(H,20,24). The fourth-order valence-corrected chi connectivity index (χ4v) is 3.25. The van der Waals surface area contributed by atoms with Crippen molar-refractivity contribution in [3.8, 4) is 11.5 Å². The molecule has 0 bridgehead atoms. The maximum atomic E-state index is 12.4. The largest absolute Gasteiger partial charge is 0.356 e. The Morgan fingerprint density at radius 2 is 2.28 bits per heavy atom. The highest BCUT2D eigenvalue weighted by atomic mass is 16.5. The fourth-order valence-electron chi connectivity index (χ4n) is 3.25. The summed E-state index contributed by atoms with van der Waals surface area (Å²) in [7, 11) is 0. The van der Waals surface area contributed by atoms with E-state index in [9.17, 15) is 4.79 Å². The number of anilines is 1. The lowest BCUT2D eigenvalue weighted by atomic mass is 9.97. The summed E-state index contributed by atoms with van der Waals surface area (Å²) < 4.78 is 5.24. The highest BCUT2D eigenvalue weighted by Gasteiger charge is 2.28. The van der Waals surface area contributed by atoms with Gasteiger partial charge in [-0.2, -0.15) is 4.98 Å². The van der Waals surface area contributed by atoms with Gasteiger partial charge in [-0.3, -0.25) is 4.79 Å². The number of carbonyl (C=O) groups is 1. The predicted octanol–water partition coefficient (Wildman–Crippen LogP) is 2.18. The Morgan fingerprint density at radius 3 is 3.04 bits per heavy atom. The van der Waals surface area contributed by atoms with Gasteiger partial charge in [0.25, 0.3) is 5.89 Å². The molecule has 4 rings (SSSR count). The number of amides is 1. The number of piperidine rings is 1. The molecule has 25 heavy (non-hydrogen) atoms. The molecule has 2 aliphatic rings. The van der Waals surface area contributed by atoms with Gasteiger partial charge in [-0.1, -0.05) is 5.16 Å². The molecular formula is C18H23N5O2. The Hall–Kier alpha value is -2.44. The van der Waals surface area contributed by atoms with E-state index in [4.69, 9.17) is 4.52 Å². The molecule has 0 aromatic carbocycles. The summed E-state index contributed by atoms with van der Waals surface area (Å²) in [6, 6.07) is 3.82. The van der Waals surface area contributed by atoms with E-state index in [2.05, 4.69) is 25.3 Å². The topological polar surface area (TPSA) is 84.2 Å². The summed E-state index contributed by atoms with van der Waals surface area (Å²) >= 11 is 0. The Balaban J connectivity index is 1.44. The van der Waals surface area contributed by atoms with Crippen molar-refractivity contribution in [2.45, 2.75) is 32.6 Å². The second-order valence-corrected chi connectivity index (χ2v) is 7.02. The quantitative estimate of drug-likeness (QED) is 0.897. The average molecular weight is 341 g/mol. The third kappa shape index (κ3) is 3.81. The lowest BCUT2D eigenvalue weighted by molar-refractivity contribution is -0.125. The lowest BCUT2D eigenvalue weighted by Gasteiger charge is -2.33. The predicted molar refractivity (Wildman–Crippen MR) is 92.9 cm³/mol. The number of aryl methyl sites for hydroxylation is 1. The van der Waals surface area contributed by atoms with Gasteiger partial charge in [-0.15, -0.1) is 0 Å². The summed E-state index contributed by atoms with van der Waals surface area (Å²) in [4.78, 5) is 23.3. The van der Waals surface area contributed by atoms with Crippen molar-refractivity contribution in [2.75, 3.05) is 24.5 Å². The molecule has 132 valence electrons. The molecule has 7 nitrogen and oxygen atoms in total. The van der Waals surface area contributed by atoms with Gasteiger partial charge in [-0.05, 0) is 50.7 Å². The summed E-state index contributed by atoms with van der Waals surface area (Å²) in [5.41, 5.74) is 0.853. The second-order valence-electron chi connectivity index (χ2n) is 7.02. The zero-order chi connectivity index (χ0) is 17.2. The summed E-state index contributed by atoms with van der Waals surface area (Å²) in [5, 5.41) is 6.94. The molecule has 1 amide bonds. The molecule has 1 saturated carbocycles. The van der Waals surface area contributed by atoms with E-state index in [0.29, 0.717) is 24.2 Å². The molecule has 0 spiro atoms. The Kier molecular flexibility index (Phi) is 4.38. The minimum atomic E-state index is 0.0311. The normalized spacial score (nSPS) is 20.5. The minimum Gasteiger partial charge on any atom is -0.356 e. The van der Waals surface area contributed by atoms with Crippen LogP contribution < -0.4 is 10.2 Å². The van der Waals surface area contributed by atoms with Gasteiger partial charge < -0.3 is 14.7 Å². The number of rotatable bonds is 5. The van der Waals surface area contributed by atoms with Crippen molar-refractivity contribution < 1.29 is 9.32 Å². The lowest BCUT2D eigenvalue weighted by Crippen LogP contribution is -2.43. The molecule has 2 aromatic heterocycles. The molecule has 1 N–H and O–H groups in total. The molecule has 1 saturated heterocycles. The van der Waals surface area contributed by atoms with Crippen LogP contribution in [-0.2, 0) is 4.79 Å². The van der Waals surface area contributed by atoms with Crippen LogP contribution in [0.4, 0.5) is 5.82 Å². The first-order valence-corrected chi connectivity index (χ1v) is 8.98. The van der Waals surface area contributed by atoms with Gasteiger partial charge in [0.05, 0.1) is 5.92 Å². The number of aromatic nitrogens is 3. The SMILES string of the molecule is Cc1noc(-c2ccnc(N3CCCC(C(=O)NCC4CC4)C3)c2)n1. The maximum absolute atomic E-state index is 12.4. The van der Waals surface area contributed by atoms with Crippen LogP contribution in [0.2, 0.25) is 0 Å². The van der Waals surface area contributed by atoms with E-state index >= 15 is 0 Å². The molecule has 0 radical (unpaired) electrons. The van der Waals surface area contributed by atoms with Crippen LogP contribution in [0.5, 0.6) is 0 Å². The molecule has 2 fully saturated rings. The molecule has 1 aliphatic heterocycles. The molecule has 1 atom stereocenters. The van der Waals surface area contributed by atoms with Crippen LogP contribution in [0.25, 0.3) is 11.5 Å². The van der Waals surface area contributed by atoms with Crippen molar-refractivity contribution in [2.24, 2.45) is 11.8 Å². The smallest absolute Gasteiger partial charge is 0.258 e. The summed E-state index contributed by atoms with van der Waals surface area (Å²) in [6.45, 7) is 4.24. The van der Waals surface area contributed by atoms with E-state index in [1.165, 1.54) is 12.8 Å². The van der Waals surface area contributed by atoms with E-state index in [1.54, 1.807) is 13.1 Å². The van der Waals surface area contributed by atoms with E-state index in [-0.39, 0.29) is 11.8 Å². The first-order chi connectivity index (χ1) is 12.2.